The molecular weight excluding hydrogens is 352 g/mol. The van der Waals surface area contributed by atoms with Crippen LogP contribution in [0.5, 0.6) is 0 Å². The Kier molecular flexibility index (Phi) is 4.01. The van der Waals surface area contributed by atoms with Crippen LogP contribution in [0.1, 0.15) is 68.3 Å². The molecule has 2 unspecified atom stereocenters. The average molecular weight is 378 g/mol. The van der Waals surface area contributed by atoms with Crippen LogP contribution in [-0.2, 0) is 19.9 Å². The highest BCUT2D eigenvalue weighted by Crippen LogP contribution is 2.69. The van der Waals surface area contributed by atoms with Crippen LogP contribution in [0.4, 0.5) is 0 Å². The predicted octanol–water partition coefficient (Wildman–Crippen LogP) is 5.05. The van der Waals surface area contributed by atoms with Crippen molar-refractivity contribution < 1.29 is 19.1 Å². The Bertz CT molecular complexity index is 924. The molecule has 4 heteroatoms. The van der Waals surface area contributed by atoms with Crippen molar-refractivity contribution in [1.82, 2.24) is 0 Å². The standard InChI is InChI=1S/C24H26O4/c1-3-5-11-19-16-13-12-14-17(8-4-2)24(21(14)20(16)23(26)27-19)18-10-7-6-9-15(18)22(25)28-24/h6-7,9-11,14,17,21H,3-5,8,12-13H2,1-2H3/t14-,17+,21?,24?/m1/s1. The fourth-order valence-corrected chi connectivity index (χ4v) is 6.08. The molecule has 1 saturated carbocycles. The molecule has 2 heterocycles. The third-order valence-corrected chi connectivity index (χ3v) is 7.09. The summed E-state index contributed by atoms with van der Waals surface area (Å²) in [4.78, 5) is 25.6. The molecule has 1 aromatic rings. The topological polar surface area (TPSA) is 52.6 Å². The summed E-state index contributed by atoms with van der Waals surface area (Å²) in [5.41, 5.74) is 2.74. The molecule has 0 radical (unpaired) electrons. The van der Waals surface area contributed by atoms with E-state index in [4.69, 9.17) is 9.47 Å². The minimum atomic E-state index is -0.700. The van der Waals surface area contributed by atoms with E-state index < -0.39 is 5.60 Å². The zero-order chi connectivity index (χ0) is 19.5. The van der Waals surface area contributed by atoms with Crippen molar-refractivity contribution in [3.05, 3.63) is 58.4 Å². The van der Waals surface area contributed by atoms with Crippen LogP contribution in [0.3, 0.4) is 0 Å². The molecule has 0 N–H and O–H groups in total. The van der Waals surface area contributed by atoms with Crippen molar-refractivity contribution in [1.29, 1.82) is 0 Å². The maximum absolute atomic E-state index is 12.9. The van der Waals surface area contributed by atoms with Gasteiger partial charge in [-0.05, 0) is 43.7 Å². The maximum atomic E-state index is 12.9. The Morgan fingerprint density at radius 3 is 2.75 bits per heavy atom. The fraction of sp³-hybridized carbons (Fsp3) is 0.500. The number of allylic oxidation sites excluding steroid dienone is 2. The summed E-state index contributed by atoms with van der Waals surface area (Å²) in [7, 11) is 0. The average Bonchev–Trinajstić information content (AvgIpc) is 3.19. The van der Waals surface area contributed by atoms with Gasteiger partial charge in [0.25, 0.3) is 0 Å². The Labute approximate surface area is 165 Å². The zero-order valence-electron chi connectivity index (χ0n) is 16.5. The van der Waals surface area contributed by atoms with E-state index >= 15 is 0 Å². The van der Waals surface area contributed by atoms with Crippen LogP contribution in [0.15, 0.2) is 47.2 Å². The van der Waals surface area contributed by atoms with Crippen molar-refractivity contribution in [3.63, 3.8) is 0 Å². The summed E-state index contributed by atoms with van der Waals surface area (Å²) < 4.78 is 11.8. The number of unbranched alkanes of at least 4 members (excludes halogenated alkanes) is 1. The molecule has 0 amide bonds. The normalized spacial score (nSPS) is 34.1. The maximum Gasteiger partial charge on any atom is 0.340 e. The molecule has 1 fully saturated rings. The smallest absolute Gasteiger partial charge is 0.340 e. The molecule has 28 heavy (non-hydrogen) atoms. The first-order chi connectivity index (χ1) is 13.6. The van der Waals surface area contributed by atoms with E-state index in [-0.39, 0.29) is 23.8 Å². The first kappa shape index (κ1) is 17.7. The van der Waals surface area contributed by atoms with Gasteiger partial charge in [-0.1, -0.05) is 44.9 Å². The second kappa shape index (κ2) is 6.33. The highest BCUT2D eigenvalue weighted by molar-refractivity contribution is 5.98. The number of benzene rings is 1. The van der Waals surface area contributed by atoms with E-state index in [1.807, 2.05) is 30.3 Å². The number of esters is 2. The van der Waals surface area contributed by atoms with Crippen molar-refractivity contribution in [2.45, 2.75) is 58.0 Å². The molecule has 0 aromatic heterocycles. The van der Waals surface area contributed by atoms with E-state index in [0.717, 1.165) is 61.0 Å². The number of ether oxygens (including phenoxy) is 2. The molecule has 5 rings (SSSR count). The largest absolute Gasteiger partial charge is 0.450 e. The summed E-state index contributed by atoms with van der Waals surface area (Å²) in [5.74, 6) is 0.807. The molecule has 0 bridgehead atoms. The molecule has 4 aliphatic rings. The summed E-state index contributed by atoms with van der Waals surface area (Å²) in [5, 5.41) is 0. The van der Waals surface area contributed by atoms with Crippen molar-refractivity contribution in [2.75, 3.05) is 0 Å². The number of fused-ring (bicyclic) bond motifs is 5. The predicted molar refractivity (Wildman–Crippen MR) is 104 cm³/mol. The van der Waals surface area contributed by atoms with Gasteiger partial charge in [-0.15, -0.1) is 0 Å². The SMILES string of the molecule is CCCC=C1OC(=O)C2=C1CC[C@H]1C2C2(OC(=O)c3ccccc32)[C@H]1CCC. The molecule has 4 nitrogen and oxygen atoms in total. The van der Waals surface area contributed by atoms with Gasteiger partial charge in [0.1, 0.15) is 11.4 Å². The fourth-order valence-electron chi connectivity index (χ4n) is 6.08. The lowest BCUT2D eigenvalue weighted by molar-refractivity contribution is -0.195. The highest BCUT2D eigenvalue weighted by atomic mass is 16.6. The molecular formula is C24H26O4. The van der Waals surface area contributed by atoms with Crippen LogP contribution in [-0.4, -0.2) is 11.9 Å². The Hall–Kier alpha value is -2.36. The quantitative estimate of drug-likeness (QED) is 0.688. The second-order valence-corrected chi connectivity index (χ2v) is 8.44. The molecule has 146 valence electrons. The highest BCUT2D eigenvalue weighted by Gasteiger charge is 2.71. The number of hydrogen-bond donors (Lipinski definition) is 0. The summed E-state index contributed by atoms with van der Waals surface area (Å²) in [6, 6.07) is 7.71. The lowest BCUT2D eigenvalue weighted by atomic mass is 9.45. The van der Waals surface area contributed by atoms with Crippen molar-refractivity contribution >= 4 is 11.9 Å². The molecule has 2 aliphatic heterocycles. The zero-order valence-corrected chi connectivity index (χ0v) is 16.5. The van der Waals surface area contributed by atoms with Crippen LogP contribution in [0, 0.1) is 17.8 Å². The number of carbonyl (C=O) groups is 2. The molecule has 0 saturated heterocycles. The molecule has 4 atom stereocenters. The van der Waals surface area contributed by atoms with Gasteiger partial charge in [0.2, 0.25) is 0 Å². The van der Waals surface area contributed by atoms with E-state index in [1.165, 1.54) is 0 Å². The minimum absolute atomic E-state index is 0.0829. The van der Waals surface area contributed by atoms with Gasteiger partial charge in [-0.2, -0.15) is 0 Å². The molecule has 1 spiro atoms. The van der Waals surface area contributed by atoms with Gasteiger partial charge < -0.3 is 9.47 Å². The Balaban J connectivity index is 1.65. The van der Waals surface area contributed by atoms with Crippen LogP contribution >= 0.6 is 0 Å². The van der Waals surface area contributed by atoms with Gasteiger partial charge in [0, 0.05) is 23.0 Å². The Morgan fingerprint density at radius 1 is 1.14 bits per heavy atom. The van der Waals surface area contributed by atoms with Gasteiger partial charge in [-0.3, -0.25) is 0 Å². The number of rotatable bonds is 4. The van der Waals surface area contributed by atoms with E-state index in [0.29, 0.717) is 11.5 Å². The number of carbonyl (C=O) groups excluding carboxylic acids is 2. The lowest BCUT2D eigenvalue weighted by Gasteiger charge is -2.60. The molecule has 2 aliphatic carbocycles. The van der Waals surface area contributed by atoms with E-state index in [9.17, 15) is 9.59 Å². The number of cyclic esters (lactones) is 1. The molecule has 1 aromatic carbocycles. The second-order valence-electron chi connectivity index (χ2n) is 8.44. The summed E-state index contributed by atoms with van der Waals surface area (Å²) >= 11 is 0. The first-order valence-corrected chi connectivity index (χ1v) is 10.6. The lowest BCUT2D eigenvalue weighted by Crippen LogP contribution is -2.62. The van der Waals surface area contributed by atoms with E-state index in [2.05, 4.69) is 13.8 Å². The van der Waals surface area contributed by atoms with Crippen LogP contribution in [0.2, 0.25) is 0 Å². The third kappa shape index (κ3) is 2.12. The monoisotopic (exact) mass is 378 g/mol. The third-order valence-electron chi connectivity index (χ3n) is 7.09. The Morgan fingerprint density at radius 2 is 1.96 bits per heavy atom. The van der Waals surface area contributed by atoms with Crippen molar-refractivity contribution in [2.24, 2.45) is 17.8 Å². The van der Waals surface area contributed by atoms with Crippen LogP contribution in [0.25, 0.3) is 0 Å². The number of hydrogen-bond acceptors (Lipinski definition) is 4. The summed E-state index contributed by atoms with van der Waals surface area (Å²) in [6.07, 6.45) is 7.90. The van der Waals surface area contributed by atoms with Gasteiger partial charge in [-0.25, -0.2) is 9.59 Å². The van der Waals surface area contributed by atoms with Gasteiger partial charge in [0.05, 0.1) is 11.1 Å². The van der Waals surface area contributed by atoms with Gasteiger partial charge in [0.15, 0.2) is 0 Å². The summed E-state index contributed by atoms with van der Waals surface area (Å²) in [6.45, 7) is 4.29. The van der Waals surface area contributed by atoms with Crippen molar-refractivity contribution in [3.8, 4) is 0 Å². The van der Waals surface area contributed by atoms with E-state index in [1.54, 1.807) is 0 Å². The minimum Gasteiger partial charge on any atom is -0.450 e. The van der Waals surface area contributed by atoms with Crippen LogP contribution < -0.4 is 0 Å². The van der Waals surface area contributed by atoms with Gasteiger partial charge >= 0.3 is 11.9 Å². The first-order valence-electron chi connectivity index (χ1n) is 10.6.